The van der Waals surface area contributed by atoms with Crippen LogP contribution in [0.1, 0.15) is 0 Å². The van der Waals surface area contributed by atoms with Crippen LogP contribution in [0.15, 0.2) is 0 Å². The second kappa shape index (κ2) is 9.18. The summed E-state index contributed by atoms with van der Waals surface area (Å²) >= 11 is 0. The maximum Gasteiger partial charge on any atom is 0.0894 e. The molecule has 0 amide bonds. The molecule has 0 fully saturated rings. The molecule has 5 nitrogen and oxygen atoms in total. The van der Waals surface area contributed by atoms with Gasteiger partial charge in [-0.3, -0.25) is 0 Å². The predicted molar refractivity (Wildman–Crippen MR) is 46.3 cm³/mol. The Bertz CT molecular complexity index is 85.6. The number of nitrogens with one attached hydrogen (secondary N) is 1. The Morgan fingerprint density at radius 2 is 1.25 bits per heavy atom. The normalized spacial score (nSPS) is 15.0. The zero-order chi connectivity index (χ0) is 8.69. The molecule has 6 heteroatoms. The SMILES string of the molecule is Cl.OCC(O)CNCC(O)CO. The third-order valence-corrected chi connectivity index (χ3v) is 1.18. The molecule has 0 rings (SSSR count). The van der Waals surface area contributed by atoms with Crippen LogP contribution in [0.5, 0.6) is 0 Å². The minimum absolute atomic E-state index is 0. The van der Waals surface area contributed by atoms with Gasteiger partial charge in [-0.2, -0.15) is 0 Å². The van der Waals surface area contributed by atoms with E-state index in [1.165, 1.54) is 0 Å². The molecule has 5 N–H and O–H groups in total. The molecule has 0 aliphatic heterocycles. The Labute approximate surface area is 77.4 Å². The molecule has 0 aliphatic rings. The van der Waals surface area contributed by atoms with Crippen LogP contribution < -0.4 is 5.32 Å². The number of rotatable bonds is 6. The van der Waals surface area contributed by atoms with E-state index < -0.39 is 12.2 Å². The van der Waals surface area contributed by atoms with E-state index in [4.69, 9.17) is 20.4 Å². The van der Waals surface area contributed by atoms with Gasteiger partial charge in [0.25, 0.3) is 0 Å². The molecule has 76 valence electrons. The van der Waals surface area contributed by atoms with Crippen LogP contribution in [-0.2, 0) is 0 Å². The van der Waals surface area contributed by atoms with Gasteiger partial charge < -0.3 is 25.7 Å². The number of halogens is 1. The molecule has 0 aliphatic carbocycles. The molecule has 0 bridgehead atoms. The van der Waals surface area contributed by atoms with E-state index in [9.17, 15) is 0 Å². The minimum atomic E-state index is -0.805. The van der Waals surface area contributed by atoms with Gasteiger partial charge in [0.2, 0.25) is 0 Å². The van der Waals surface area contributed by atoms with Crippen LogP contribution in [-0.4, -0.2) is 58.9 Å². The van der Waals surface area contributed by atoms with Crippen LogP contribution in [0, 0.1) is 0 Å². The van der Waals surface area contributed by atoms with E-state index >= 15 is 0 Å². The molecule has 2 atom stereocenters. The largest absolute Gasteiger partial charge is 0.394 e. The van der Waals surface area contributed by atoms with Crippen molar-refractivity contribution in [2.75, 3.05) is 26.3 Å². The van der Waals surface area contributed by atoms with E-state index in [0.717, 1.165) is 0 Å². The topological polar surface area (TPSA) is 93.0 Å². The van der Waals surface area contributed by atoms with Crippen molar-refractivity contribution in [3.63, 3.8) is 0 Å². The van der Waals surface area contributed by atoms with Gasteiger partial charge in [0.1, 0.15) is 0 Å². The maximum absolute atomic E-state index is 8.79. The second-order valence-electron chi connectivity index (χ2n) is 2.33. The Morgan fingerprint density at radius 3 is 1.50 bits per heavy atom. The Kier molecular flexibility index (Phi) is 11.2. The minimum Gasteiger partial charge on any atom is -0.394 e. The summed E-state index contributed by atoms with van der Waals surface area (Å²) in [6.45, 7) is -0.175. The van der Waals surface area contributed by atoms with Gasteiger partial charge in [0, 0.05) is 13.1 Å². The number of aliphatic hydroxyl groups excluding tert-OH is 4. The summed E-state index contributed by atoms with van der Waals surface area (Å²) in [5.41, 5.74) is 0. The Hall–Kier alpha value is 0.0900. The van der Waals surface area contributed by atoms with Crippen LogP contribution in [0.3, 0.4) is 0 Å². The van der Waals surface area contributed by atoms with Crippen molar-refractivity contribution in [1.82, 2.24) is 5.32 Å². The maximum atomic E-state index is 8.79. The molecular formula is C6H16ClNO4. The predicted octanol–water partition coefficient (Wildman–Crippen LogP) is -2.30. The molecule has 0 radical (unpaired) electrons. The van der Waals surface area contributed by atoms with Crippen molar-refractivity contribution in [1.29, 1.82) is 0 Å². The van der Waals surface area contributed by atoms with Crippen molar-refractivity contribution in [2.45, 2.75) is 12.2 Å². The molecular weight excluding hydrogens is 186 g/mol. The highest BCUT2D eigenvalue weighted by Crippen LogP contribution is 1.79. The van der Waals surface area contributed by atoms with Crippen molar-refractivity contribution < 1.29 is 20.4 Å². The van der Waals surface area contributed by atoms with Gasteiger partial charge in [-0.05, 0) is 0 Å². The average Bonchev–Trinajstić information content (AvgIpc) is 2.04. The monoisotopic (exact) mass is 201 g/mol. The number of hydrogen-bond donors (Lipinski definition) is 5. The Balaban J connectivity index is 0. The molecule has 2 unspecified atom stereocenters. The highest BCUT2D eigenvalue weighted by molar-refractivity contribution is 5.85. The van der Waals surface area contributed by atoms with Crippen LogP contribution in [0.2, 0.25) is 0 Å². The average molecular weight is 202 g/mol. The highest BCUT2D eigenvalue weighted by Gasteiger charge is 2.03. The first kappa shape index (κ1) is 14.6. The molecule has 12 heavy (non-hydrogen) atoms. The highest BCUT2D eigenvalue weighted by atomic mass is 35.5. The lowest BCUT2D eigenvalue weighted by atomic mass is 10.3. The first-order chi connectivity index (χ1) is 5.20. The third kappa shape index (κ3) is 8.19. The fraction of sp³-hybridized carbons (Fsp3) is 1.00. The summed E-state index contributed by atoms with van der Waals surface area (Å²) in [5.74, 6) is 0. The fourth-order valence-corrected chi connectivity index (χ4v) is 0.546. The van der Waals surface area contributed by atoms with Crippen molar-refractivity contribution >= 4 is 12.4 Å². The van der Waals surface area contributed by atoms with Crippen molar-refractivity contribution in [2.24, 2.45) is 0 Å². The van der Waals surface area contributed by atoms with Crippen LogP contribution >= 0.6 is 12.4 Å². The van der Waals surface area contributed by atoms with E-state index in [2.05, 4.69) is 5.32 Å². The molecule has 0 heterocycles. The standard InChI is InChI=1S/C6H15NO4.ClH/c8-3-5(10)1-7-2-6(11)4-9;/h5-11H,1-4H2;1H. The number of aliphatic hydroxyl groups is 4. The van der Waals surface area contributed by atoms with Crippen molar-refractivity contribution in [3.05, 3.63) is 0 Å². The summed E-state index contributed by atoms with van der Waals surface area (Å²) in [7, 11) is 0. The van der Waals surface area contributed by atoms with Gasteiger partial charge >= 0.3 is 0 Å². The van der Waals surface area contributed by atoms with E-state index in [1.54, 1.807) is 0 Å². The lowest BCUT2D eigenvalue weighted by Crippen LogP contribution is -2.35. The third-order valence-electron chi connectivity index (χ3n) is 1.18. The first-order valence-corrected chi connectivity index (χ1v) is 3.49. The summed E-state index contributed by atoms with van der Waals surface area (Å²) < 4.78 is 0. The molecule has 0 aromatic rings. The lowest BCUT2D eigenvalue weighted by molar-refractivity contribution is 0.0747. The second-order valence-corrected chi connectivity index (χ2v) is 2.33. The van der Waals surface area contributed by atoms with Crippen molar-refractivity contribution in [3.8, 4) is 0 Å². The summed E-state index contributed by atoms with van der Waals surface area (Å²) in [4.78, 5) is 0. The summed E-state index contributed by atoms with van der Waals surface area (Å²) in [6.07, 6.45) is -1.61. The van der Waals surface area contributed by atoms with Crippen LogP contribution in [0.4, 0.5) is 0 Å². The lowest BCUT2D eigenvalue weighted by Gasteiger charge is -2.10. The molecule has 0 saturated carbocycles. The van der Waals surface area contributed by atoms with Gasteiger partial charge in [-0.25, -0.2) is 0 Å². The summed E-state index contributed by atoms with van der Waals surface area (Å²) in [6, 6.07) is 0. The summed E-state index contributed by atoms with van der Waals surface area (Å²) in [5, 5.41) is 37.0. The molecule has 0 saturated heterocycles. The molecule has 0 spiro atoms. The van der Waals surface area contributed by atoms with Gasteiger partial charge in [0.15, 0.2) is 0 Å². The molecule has 0 aromatic heterocycles. The number of hydrogen-bond acceptors (Lipinski definition) is 5. The fourth-order valence-electron chi connectivity index (χ4n) is 0.546. The zero-order valence-electron chi connectivity index (χ0n) is 6.68. The molecule has 0 aromatic carbocycles. The zero-order valence-corrected chi connectivity index (χ0v) is 7.50. The van der Waals surface area contributed by atoms with Crippen LogP contribution in [0.25, 0.3) is 0 Å². The smallest absolute Gasteiger partial charge is 0.0894 e. The van der Waals surface area contributed by atoms with Gasteiger partial charge in [-0.1, -0.05) is 0 Å². The van der Waals surface area contributed by atoms with E-state index in [1.807, 2.05) is 0 Å². The quantitative estimate of drug-likeness (QED) is 0.334. The van der Waals surface area contributed by atoms with Gasteiger partial charge in [-0.15, -0.1) is 12.4 Å². The van der Waals surface area contributed by atoms with E-state index in [-0.39, 0.29) is 38.7 Å². The van der Waals surface area contributed by atoms with Gasteiger partial charge in [0.05, 0.1) is 25.4 Å². The van der Waals surface area contributed by atoms with E-state index in [0.29, 0.717) is 0 Å². The Morgan fingerprint density at radius 1 is 0.917 bits per heavy atom. The first-order valence-electron chi connectivity index (χ1n) is 3.49.